The molecule has 13 heteroatoms. The van der Waals surface area contributed by atoms with Gasteiger partial charge in [-0.3, -0.25) is 9.05 Å². The first-order valence-corrected chi connectivity index (χ1v) is 9.03. The van der Waals surface area contributed by atoms with Crippen molar-refractivity contribution in [2.45, 2.75) is 18.7 Å². The Morgan fingerprint density at radius 3 is 2.19 bits per heavy atom. The highest BCUT2D eigenvalue weighted by atomic mass is 31.2. The second-order valence-corrected chi connectivity index (χ2v) is 7.03. The summed E-state index contributed by atoms with van der Waals surface area (Å²) in [5, 5.41) is 7.86. The summed E-state index contributed by atoms with van der Waals surface area (Å²) in [6.07, 6.45) is 5.10. The van der Waals surface area contributed by atoms with Gasteiger partial charge in [0.25, 0.3) is 0 Å². The van der Waals surface area contributed by atoms with Crippen LogP contribution in [0.1, 0.15) is 5.56 Å². The molecule has 1 aromatic carbocycles. The molecule has 27 heavy (non-hydrogen) atoms. The molecular formula is C14H15F2N6O4P. The maximum Gasteiger partial charge on any atom is 0.472 e. The van der Waals surface area contributed by atoms with E-state index in [0.717, 1.165) is 19.2 Å². The van der Waals surface area contributed by atoms with E-state index >= 15 is 0 Å². The van der Waals surface area contributed by atoms with Gasteiger partial charge in [-0.25, -0.2) is 32.7 Å². The Morgan fingerprint density at radius 2 is 1.74 bits per heavy atom. The summed E-state index contributed by atoms with van der Waals surface area (Å²) in [6.45, 7) is -0.493. The molecule has 0 saturated heterocycles. The van der Waals surface area contributed by atoms with Crippen molar-refractivity contribution in [3.05, 3.63) is 60.7 Å². The zero-order chi connectivity index (χ0) is 19.5. The first-order valence-electron chi connectivity index (χ1n) is 7.53. The summed E-state index contributed by atoms with van der Waals surface area (Å²) in [5.74, 6) is -1.79. The van der Waals surface area contributed by atoms with Crippen molar-refractivity contribution in [2.24, 2.45) is 0 Å². The molecule has 1 atom stereocenters. The highest BCUT2D eigenvalue weighted by molar-refractivity contribution is 7.47. The van der Waals surface area contributed by atoms with Crippen LogP contribution in [0.2, 0.25) is 0 Å². The lowest BCUT2D eigenvalue weighted by atomic mass is 9.93. The highest BCUT2D eigenvalue weighted by Crippen LogP contribution is 2.51. The van der Waals surface area contributed by atoms with Crippen LogP contribution < -0.4 is 0 Å². The quantitative estimate of drug-likeness (QED) is 0.566. The zero-order valence-electron chi connectivity index (χ0n) is 14.0. The van der Waals surface area contributed by atoms with Crippen LogP contribution in [0.15, 0.2) is 43.5 Å². The Bertz CT molecular complexity index is 901. The minimum Gasteiger partial charge on any atom is -0.302 e. The van der Waals surface area contributed by atoms with Crippen molar-refractivity contribution >= 4 is 7.82 Å². The van der Waals surface area contributed by atoms with Gasteiger partial charge in [-0.1, -0.05) is 6.07 Å². The van der Waals surface area contributed by atoms with Gasteiger partial charge in [0.2, 0.25) is 0 Å². The summed E-state index contributed by atoms with van der Waals surface area (Å²) in [5.41, 5.74) is -2.04. The van der Waals surface area contributed by atoms with Crippen LogP contribution in [-0.2, 0) is 32.3 Å². The SMILES string of the molecule is COP(=O)(O)OC(Cn1cncn1)(Cn1cncn1)c1ccc(F)cc1F. The predicted octanol–water partition coefficient (Wildman–Crippen LogP) is 1.51. The van der Waals surface area contributed by atoms with Gasteiger partial charge < -0.3 is 4.89 Å². The topological polar surface area (TPSA) is 117 Å². The third kappa shape index (κ3) is 4.42. The molecule has 1 N–H and O–H groups in total. The summed E-state index contributed by atoms with van der Waals surface area (Å²) >= 11 is 0. The van der Waals surface area contributed by atoms with E-state index < -0.39 is 25.1 Å². The minimum atomic E-state index is -4.61. The summed E-state index contributed by atoms with van der Waals surface area (Å²) in [7, 11) is -3.64. The number of rotatable bonds is 8. The van der Waals surface area contributed by atoms with E-state index in [1.54, 1.807) is 0 Å². The molecule has 0 aliphatic heterocycles. The lowest BCUT2D eigenvalue weighted by Crippen LogP contribution is -2.40. The van der Waals surface area contributed by atoms with Crippen molar-refractivity contribution in [1.29, 1.82) is 0 Å². The molecule has 3 rings (SSSR count). The normalized spacial score (nSPS) is 14.2. The first-order chi connectivity index (χ1) is 12.8. The Hall–Kier alpha value is -2.53. The number of phosphoric acid groups is 1. The van der Waals surface area contributed by atoms with E-state index in [9.17, 15) is 18.2 Å². The first kappa shape index (κ1) is 19.2. The number of hydrogen-bond donors (Lipinski definition) is 1. The Balaban J connectivity index is 2.17. The minimum absolute atomic E-state index is 0.193. The predicted molar refractivity (Wildman–Crippen MR) is 86.0 cm³/mol. The molecule has 10 nitrogen and oxygen atoms in total. The molecule has 2 aromatic heterocycles. The van der Waals surface area contributed by atoms with Gasteiger partial charge in [-0.05, 0) is 6.07 Å². The summed E-state index contributed by atoms with van der Waals surface area (Å²) in [4.78, 5) is 17.5. The highest BCUT2D eigenvalue weighted by Gasteiger charge is 2.44. The average Bonchev–Trinajstić information content (AvgIpc) is 3.28. The largest absolute Gasteiger partial charge is 0.472 e. The van der Waals surface area contributed by atoms with Gasteiger partial charge in [0.15, 0.2) is 0 Å². The van der Waals surface area contributed by atoms with E-state index in [4.69, 9.17) is 4.52 Å². The molecule has 0 fully saturated rings. The van der Waals surface area contributed by atoms with Crippen LogP contribution in [-0.4, -0.2) is 41.5 Å². The standard InChI is InChI=1S/C14H15F2N6O4P/c1-25-27(23,24)26-14(5-21-9-17-7-19-21,6-22-10-18-8-20-22)12-3-2-11(15)4-13(12)16/h2-4,7-10H,5-6H2,1H3,(H,23,24). The van der Waals surface area contributed by atoms with E-state index in [0.29, 0.717) is 6.07 Å². The van der Waals surface area contributed by atoms with Crippen molar-refractivity contribution in [2.75, 3.05) is 7.11 Å². The van der Waals surface area contributed by atoms with Crippen LogP contribution in [0, 0.1) is 11.6 Å². The molecule has 2 heterocycles. The van der Waals surface area contributed by atoms with E-state index in [-0.39, 0.29) is 18.7 Å². The van der Waals surface area contributed by atoms with Crippen LogP contribution in [0.25, 0.3) is 0 Å². The van der Waals surface area contributed by atoms with Gasteiger partial charge in [-0.2, -0.15) is 10.2 Å². The van der Waals surface area contributed by atoms with Crippen LogP contribution in [0.3, 0.4) is 0 Å². The maximum absolute atomic E-state index is 14.7. The van der Waals surface area contributed by atoms with Crippen molar-refractivity contribution < 1.29 is 27.3 Å². The van der Waals surface area contributed by atoms with Crippen LogP contribution in [0.4, 0.5) is 8.78 Å². The van der Waals surface area contributed by atoms with Crippen LogP contribution in [0.5, 0.6) is 0 Å². The zero-order valence-corrected chi connectivity index (χ0v) is 14.9. The molecule has 0 aliphatic rings. The fourth-order valence-corrected chi connectivity index (χ4v) is 3.33. The molecule has 0 amide bonds. The number of halogens is 2. The van der Waals surface area contributed by atoms with Gasteiger partial charge >= 0.3 is 7.82 Å². The fraction of sp³-hybridized carbons (Fsp3) is 0.286. The Kier molecular flexibility index (Phi) is 5.42. The third-order valence-corrected chi connectivity index (χ3v) is 4.75. The molecular weight excluding hydrogens is 385 g/mol. The average molecular weight is 400 g/mol. The molecule has 0 spiro atoms. The van der Waals surface area contributed by atoms with Crippen LogP contribution >= 0.6 is 7.82 Å². The monoisotopic (exact) mass is 400 g/mol. The number of nitrogens with zero attached hydrogens (tertiary/aromatic N) is 6. The molecule has 0 aliphatic carbocycles. The Labute approximate surface area is 152 Å². The van der Waals surface area contributed by atoms with Gasteiger partial charge in [0, 0.05) is 18.7 Å². The number of aromatic nitrogens is 6. The van der Waals surface area contributed by atoms with E-state index in [2.05, 4.69) is 24.7 Å². The van der Waals surface area contributed by atoms with E-state index in [1.807, 2.05) is 0 Å². The molecule has 0 bridgehead atoms. The number of hydrogen-bond acceptors (Lipinski definition) is 7. The Morgan fingerprint density at radius 1 is 1.15 bits per heavy atom. The van der Waals surface area contributed by atoms with Gasteiger partial charge in [0.05, 0.1) is 13.1 Å². The van der Waals surface area contributed by atoms with Gasteiger partial charge in [-0.15, -0.1) is 0 Å². The maximum atomic E-state index is 14.7. The third-order valence-electron chi connectivity index (χ3n) is 3.71. The summed E-state index contributed by atoms with van der Waals surface area (Å²) in [6, 6.07) is 2.77. The molecule has 3 aromatic rings. The van der Waals surface area contributed by atoms with E-state index in [1.165, 1.54) is 34.7 Å². The lowest BCUT2D eigenvalue weighted by molar-refractivity contribution is -0.0126. The number of phosphoric ester groups is 1. The molecule has 1 unspecified atom stereocenters. The van der Waals surface area contributed by atoms with Crippen molar-refractivity contribution in [3.63, 3.8) is 0 Å². The second-order valence-electron chi connectivity index (χ2n) is 5.55. The van der Waals surface area contributed by atoms with Crippen molar-refractivity contribution in [1.82, 2.24) is 29.5 Å². The lowest BCUT2D eigenvalue weighted by Gasteiger charge is -2.34. The second kappa shape index (κ2) is 7.61. The fourth-order valence-electron chi connectivity index (χ4n) is 2.60. The summed E-state index contributed by atoms with van der Waals surface area (Å²) < 4.78 is 52.8. The number of benzene rings is 1. The smallest absolute Gasteiger partial charge is 0.302 e. The van der Waals surface area contributed by atoms with Crippen molar-refractivity contribution in [3.8, 4) is 0 Å². The van der Waals surface area contributed by atoms with Gasteiger partial charge in [0.1, 0.15) is 42.5 Å². The molecule has 144 valence electrons. The molecule has 0 saturated carbocycles. The molecule has 0 radical (unpaired) electrons.